The third-order valence-corrected chi connectivity index (χ3v) is 5.62. The van der Waals surface area contributed by atoms with Crippen LogP contribution in [0, 0.1) is 0 Å². The number of hydrogen-bond donors (Lipinski definition) is 0. The van der Waals surface area contributed by atoms with E-state index in [4.69, 9.17) is 26.2 Å². The minimum atomic E-state index is -0.374. The van der Waals surface area contributed by atoms with Crippen molar-refractivity contribution in [2.45, 2.75) is 18.7 Å². The van der Waals surface area contributed by atoms with E-state index in [-0.39, 0.29) is 12.3 Å². The van der Waals surface area contributed by atoms with Gasteiger partial charge >= 0.3 is 0 Å². The van der Waals surface area contributed by atoms with Crippen LogP contribution in [-0.4, -0.2) is 17.8 Å². The second kappa shape index (κ2) is 6.88. The van der Waals surface area contributed by atoms with Gasteiger partial charge in [0.1, 0.15) is 11.5 Å². The highest BCUT2D eigenvalue weighted by molar-refractivity contribution is 6.31. The minimum Gasteiger partial charge on any atom is -0.497 e. The number of benzene rings is 3. The molecule has 5 heteroatoms. The van der Waals surface area contributed by atoms with Crippen LogP contribution in [0.25, 0.3) is 0 Å². The summed E-state index contributed by atoms with van der Waals surface area (Å²) < 4.78 is 11.8. The third kappa shape index (κ3) is 2.81. The molecule has 2 unspecified atom stereocenters. The lowest BCUT2D eigenvalue weighted by molar-refractivity contribution is -0.0190. The molecule has 0 amide bonds. The van der Waals surface area contributed by atoms with Crippen LogP contribution < -0.4 is 9.47 Å². The first-order valence-electron chi connectivity index (χ1n) is 9.25. The number of methoxy groups -OCH3 is 1. The lowest BCUT2D eigenvalue weighted by atomic mass is 9.95. The summed E-state index contributed by atoms with van der Waals surface area (Å²) in [5.74, 6) is 1.66. The minimum absolute atomic E-state index is 0.0651. The first-order valence-corrected chi connectivity index (χ1v) is 9.62. The molecular weight excluding hydrogens is 372 g/mol. The van der Waals surface area contributed by atoms with Gasteiger partial charge in [-0.2, -0.15) is 5.10 Å². The van der Waals surface area contributed by atoms with Crippen LogP contribution in [0.3, 0.4) is 0 Å². The molecule has 28 heavy (non-hydrogen) atoms. The number of halogens is 1. The fourth-order valence-electron chi connectivity index (χ4n) is 3.88. The van der Waals surface area contributed by atoms with Gasteiger partial charge in [-0.25, -0.2) is 5.01 Å². The summed E-state index contributed by atoms with van der Waals surface area (Å²) in [6, 6.07) is 24.0. The van der Waals surface area contributed by atoms with Crippen LogP contribution in [0.15, 0.2) is 77.9 Å². The van der Waals surface area contributed by atoms with Crippen molar-refractivity contribution in [2.24, 2.45) is 5.10 Å². The molecule has 140 valence electrons. The zero-order valence-corrected chi connectivity index (χ0v) is 16.1. The van der Waals surface area contributed by atoms with E-state index in [2.05, 4.69) is 12.1 Å². The predicted octanol–water partition coefficient (Wildman–Crippen LogP) is 5.59. The highest BCUT2D eigenvalue weighted by Crippen LogP contribution is 2.49. The van der Waals surface area contributed by atoms with Crippen molar-refractivity contribution >= 4 is 17.3 Å². The van der Waals surface area contributed by atoms with Gasteiger partial charge in [0.05, 0.1) is 18.9 Å². The second-order valence-electron chi connectivity index (χ2n) is 6.91. The smallest absolute Gasteiger partial charge is 0.215 e. The molecule has 0 saturated heterocycles. The van der Waals surface area contributed by atoms with Crippen LogP contribution in [-0.2, 0) is 0 Å². The SMILES string of the molecule is COc1ccc2c(c1)C1CC(c3ccccc3)=NN1C(c1ccccc1Cl)O2. The van der Waals surface area contributed by atoms with Crippen molar-refractivity contribution in [1.29, 1.82) is 0 Å². The Morgan fingerprint density at radius 3 is 2.57 bits per heavy atom. The number of rotatable bonds is 3. The molecule has 0 saturated carbocycles. The molecule has 0 aromatic heterocycles. The van der Waals surface area contributed by atoms with Gasteiger partial charge in [0, 0.05) is 22.6 Å². The molecule has 3 aromatic carbocycles. The number of hydrazone groups is 1. The standard InChI is InChI=1S/C23H19ClN2O2/c1-27-16-11-12-22-18(13-16)21-14-20(15-7-3-2-4-8-15)25-26(21)23(28-22)17-9-5-6-10-19(17)24/h2-13,21,23H,14H2,1H3. The molecule has 0 fully saturated rings. The van der Waals surface area contributed by atoms with Gasteiger partial charge in [0.2, 0.25) is 6.23 Å². The predicted molar refractivity (Wildman–Crippen MR) is 110 cm³/mol. The van der Waals surface area contributed by atoms with Crippen molar-refractivity contribution in [2.75, 3.05) is 7.11 Å². The summed E-state index contributed by atoms with van der Waals surface area (Å²) in [6.07, 6.45) is 0.426. The van der Waals surface area contributed by atoms with Crippen LogP contribution in [0.4, 0.5) is 0 Å². The van der Waals surface area contributed by atoms with Crippen molar-refractivity contribution in [1.82, 2.24) is 5.01 Å². The van der Waals surface area contributed by atoms with Crippen molar-refractivity contribution < 1.29 is 9.47 Å². The van der Waals surface area contributed by atoms with Gasteiger partial charge in [0.25, 0.3) is 0 Å². The monoisotopic (exact) mass is 390 g/mol. The Bertz CT molecular complexity index is 1050. The van der Waals surface area contributed by atoms with E-state index in [0.29, 0.717) is 5.02 Å². The van der Waals surface area contributed by atoms with E-state index in [1.165, 1.54) is 0 Å². The maximum absolute atomic E-state index is 6.50. The Morgan fingerprint density at radius 2 is 1.79 bits per heavy atom. The fraction of sp³-hybridized carbons (Fsp3) is 0.174. The van der Waals surface area contributed by atoms with E-state index in [0.717, 1.165) is 40.3 Å². The molecule has 0 bridgehead atoms. The molecule has 0 radical (unpaired) electrons. The Kier molecular flexibility index (Phi) is 4.21. The topological polar surface area (TPSA) is 34.1 Å². The Hall–Kier alpha value is -2.98. The molecule has 4 nitrogen and oxygen atoms in total. The van der Waals surface area contributed by atoms with Gasteiger partial charge in [-0.05, 0) is 29.8 Å². The van der Waals surface area contributed by atoms with Gasteiger partial charge in [-0.1, -0.05) is 60.1 Å². The van der Waals surface area contributed by atoms with Gasteiger partial charge < -0.3 is 9.47 Å². The average molecular weight is 391 g/mol. The average Bonchev–Trinajstić information content (AvgIpc) is 3.20. The molecule has 0 aliphatic carbocycles. The summed E-state index contributed by atoms with van der Waals surface area (Å²) in [7, 11) is 1.68. The zero-order chi connectivity index (χ0) is 19.1. The summed E-state index contributed by atoms with van der Waals surface area (Å²) in [5.41, 5.74) is 4.16. The van der Waals surface area contributed by atoms with E-state index in [9.17, 15) is 0 Å². The van der Waals surface area contributed by atoms with Crippen molar-refractivity contribution in [3.8, 4) is 11.5 Å². The van der Waals surface area contributed by atoms with E-state index in [1.807, 2.05) is 65.7 Å². The number of nitrogens with zero attached hydrogens (tertiary/aromatic N) is 2. The maximum Gasteiger partial charge on any atom is 0.215 e. The summed E-state index contributed by atoms with van der Waals surface area (Å²) in [4.78, 5) is 0. The number of fused-ring (bicyclic) bond motifs is 3. The summed E-state index contributed by atoms with van der Waals surface area (Å²) in [6.45, 7) is 0. The van der Waals surface area contributed by atoms with Gasteiger partial charge in [-0.15, -0.1) is 0 Å². The zero-order valence-electron chi connectivity index (χ0n) is 15.4. The molecule has 0 spiro atoms. The Labute approximate surface area is 169 Å². The highest BCUT2D eigenvalue weighted by atomic mass is 35.5. The normalized spacial score (nSPS) is 20.1. The van der Waals surface area contributed by atoms with Crippen LogP contribution >= 0.6 is 11.6 Å². The summed E-state index contributed by atoms with van der Waals surface area (Å²) >= 11 is 6.50. The van der Waals surface area contributed by atoms with E-state index < -0.39 is 0 Å². The lowest BCUT2D eigenvalue weighted by Gasteiger charge is -2.38. The van der Waals surface area contributed by atoms with Crippen molar-refractivity contribution in [3.05, 3.63) is 94.5 Å². The van der Waals surface area contributed by atoms with Crippen molar-refractivity contribution in [3.63, 3.8) is 0 Å². The molecule has 0 N–H and O–H groups in total. The number of ether oxygens (including phenoxy) is 2. The van der Waals surface area contributed by atoms with E-state index in [1.54, 1.807) is 7.11 Å². The molecule has 2 aliphatic rings. The second-order valence-corrected chi connectivity index (χ2v) is 7.32. The van der Waals surface area contributed by atoms with Gasteiger partial charge in [0.15, 0.2) is 0 Å². The van der Waals surface area contributed by atoms with E-state index >= 15 is 0 Å². The lowest BCUT2D eigenvalue weighted by Crippen LogP contribution is -2.33. The van der Waals surface area contributed by atoms with Crippen LogP contribution in [0.2, 0.25) is 5.02 Å². The number of hydrogen-bond acceptors (Lipinski definition) is 4. The fourth-order valence-corrected chi connectivity index (χ4v) is 4.11. The molecular formula is C23H19ClN2O2. The maximum atomic E-state index is 6.50. The quantitative estimate of drug-likeness (QED) is 0.584. The molecule has 5 rings (SSSR count). The highest BCUT2D eigenvalue weighted by Gasteiger charge is 2.41. The van der Waals surface area contributed by atoms with Crippen LogP contribution in [0.1, 0.15) is 35.4 Å². The van der Waals surface area contributed by atoms with Gasteiger partial charge in [-0.3, -0.25) is 0 Å². The first-order chi connectivity index (χ1) is 13.7. The molecule has 2 aliphatic heterocycles. The molecule has 2 heterocycles. The third-order valence-electron chi connectivity index (χ3n) is 5.28. The Morgan fingerprint density at radius 1 is 1.00 bits per heavy atom. The molecule has 2 atom stereocenters. The largest absolute Gasteiger partial charge is 0.497 e. The van der Waals surface area contributed by atoms with Crippen LogP contribution in [0.5, 0.6) is 11.5 Å². The Balaban J connectivity index is 1.63. The first kappa shape index (κ1) is 17.1. The molecule has 3 aromatic rings. The summed E-state index contributed by atoms with van der Waals surface area (Å²) in [5, 5.41) is 7.66.